The van der Waals surface area contributed by atoms with Crippen LogP contribution >= 0.6 is 12.2 Å². The van der Waals surface area contributed by atoms with Gasteiger partial charge in [0.15, 0.2) is 0 Å². The summed E-state index contributed by atoms with van der Waals surface area (Å²) < 4.78 is 7.24. The molecule has 1 aromatic carbocycles. The molecule has 3 aromatic rings. The predicted octanol–water partition coefficient (Wildman–Crippen LogP) is 2.96. The number of aryl methyl sites for hydroxylation is 1. The maximum atomic E-state index is 5.47. The van der Waals surface area contributed by atoms with E-state index in [-0.39, 0.29) is 0 Å². The van der Waals surface area contributed by atoms with Crippen LogP contribution in [0, 0.1) is 0 Å². The molecule has 0 aliphatic carbocycles. The molecule has 0 radical (unpaired) electrons. The van der Waals surface area contributed by atoms with Crippen molar-refractivity contribution in [3.05, 3.63) is 48.4 Å². The molecule has 0 bridgehead atoms. The van der Waals surface area contributed by atoms with Crippen LogP contribution in [0.5, 0.6) is 5.88 Å². The number of benzene rings is 1. The molecule has 22 heavy (non-hydrogen) atoms. The lowest BCUT2D eigenvalue weighted by Gasteiger charge is -2.10. The first-order valence-corrected chi connectivity index (χ1v) is 7.27. The van der Waals surface area contributed by atoms with Crippen molar-refractivity contribution in [1.82, 2.24) is 14.5 Å². The van der Waals surface area contributed by atoms with Crippen LogP contribution in [0.25, 0.3) is 11.0 Å². The highest BCUT2D eigenvalue weighted by Crippen LogP contribution is 2.22. The van der Waals surface area contributed by atoms with Crippen LogP contribution in [0.1, 0.15) is 5.56 Å². The highest BCUT2D eigenvalue weighted by molar-refractivity contribution is 7.80. The predicted molar refractivity (Wildman–Crippen MR) is 91.4 cm³/mol. The van der Waals surface area contributed by atoms with Crippen LogP contribution in [-0.4, -0.2) is 26.6 Å². The van der Waals surface area contributed by atoms with Gasteiger partial charge in [0, 0.05) is 25.2 Å². The van der Waals surface area contributed by atoms with E-state index in [1.54, 1.807) is 19.6 Å². The fourth-order valence-corrected chi connectivity index (χ4v) is 2.63. The number of fused-ring (bicyclic) bond motifs is 1. The van der Waals surface area contributed by atoms with Gasteiger partial charge in [-0.25, -0.2) is 9.97 Å². The standard InChI is InChI=1S/C16H16N4OS/c1-20-10-18-15-12(6-3-7-13(15)20)19-14(22)9-11-5-4-8-17-16(11)21-2/h3-8,10H,9H2,1-2H3,(H,19,22). The van der Waals surface area contributed by atoms with Crippen LogP contribution in [0.2, 0.25) is 0 Å². The van der Waals surface area contributed by atoms with E-state index in [0.717, 1.165) is 22.3 Å². The van der Waals surface area contributed by atoms with E-state index >= 15 is 0 Å². The number of para-hydroxylation sites is 1. The molecule has 6 heteroatoms. The van der Waals surface area contributed by atoms with Gasteiger partial charge in [-0.3, -0.25) is 0 Å². The first-order chi connectivity index (χ1) is 10.7. The van der Waals surface area contributed by atoms with Gasteiger partial charge in [0.2, 0.25) is 5.88 Å². The minimum atomic E-state index is 0.565. The topological polar surface area (TPSA) is 52.0 Å². The number of methoxy groups -OCH3 is 1. The van der Waals surface area contributed by atoms with Crippen molar-refractivity contribution in [1.29, 1.82) is 0 Å². The van der Waals surface area contributed by atoms with Crippen molar-refractivity contribution in [3.63, 3.8) is 0 Å². The number of aromatic nitrogens is 3. The van der Waals surface area contributed by atoms with E-state index in [1.165, 1.54) is 0 Å². The van der Waals surface area contributed by atoms with Crippen LogP contribution < -0.4 is 10.1 Å². The second-order valence-electron chi connectivity index (χ2n) is 4.93. The molecule has 1 N–H and O–H groups in total. The van der Waals surface area contributed by atoms with E-state index in [2.05, 4.69) is 15.3 Å². The van der Waals surface area contributed by atoms with Crippen molar-refractivity contribution in [3.8, 4) is 5.88 Å². The maximum absolute atomic E-state index is 5.47. The average molecular weight is 312 g/mol. The molecule has 112 valence electrons. The van der Waals surface area contributed by atoms with Gasteiger partial charge in [-0.2, -0.15) is 0 Å². The summed E-state index contributed by atoms with van der Waals surface area (Å²) in [5, 5.41) is 3.27. The number of pyridine rings is 1. The van der Waals surface area contributed by atoms with Gasteiger partial charge in [0.05, 0.1) is 29.6 Å². The zero-order valence-electron chi connectivity index (χ0n) is 12.4. The minimum absolute atomic E-state index is 0.565. The Kier molecular flexibility index (Phi) is 4.02. The molecular weight excluding hydrogens is 296 g/mol. The molecule has 0 saturated carbocycles. The second-order valence-corrected chi connectivity index (χ2v) is 5.42. The van der Waals surface area contributed by atoms with Crippen LogP contribution in [-0.2, 0) is 13.5 Å². The summed E-state index contributed by atoms with van der Waals surface area (Å²) in [6.45, 7) is 0. The van der Waals surface area contributed by atoms with E-state index in [1.807, 2.05) is 41.9 Å². The highest BCUT2D eigenvalue weighted by Gasteiger charge is 2.10. The molecule has 0 aliphatic rings. The Labute approximate surface area is 134 Å². The number of thiocarbonyl (C=S) groups is 1. The van der Waals surface area contributed by atoms with Gasteiger partial charge < -0.3 is 14.6 Å². The lowest BCUT2D eigenvalue weighted by molar-refractivity contribution is 0.394. The number of imidazole rings is 1. The van der Waals surface area contributed by atoms with Gasteiger partial charge in [0.1, 0.15) is 5.52 Å². The van der Waals surface area contributed by atoms with Gasteiger partial charge >= 0.3 is 0 Å². The summed E-state index contributed by atoms with van der Waals surface area (Å²) in [6, 6.07) is 9.82. The van der Waals surface area contributed by atoms with E-state index < -0.39 is 0 Å². The van der Waals surface area contributed by atoms with Crippen molar-refractivity contribution >= 4 is 33.9 Å². The molecule has 0 atom stereocenters. The van der Waals surface area contributed by atoms with E-state index in [4.69, 9.17) is 17.0 Å². The zero-order valence-corrected chi connectivity index (χ0v) is 13.2. The minimum Gasteiger partial charge on any atom is -0.481 e. The van der Waals surface area contributed by atoms with Gasteiger partial charge in [0.25, 0.3) is 0 Å². The Hall–Kier alpha value is -2.47. The van der Waals surface area contributed by atoms with Gasteiger partial charge in [-0.1, -0.05) is 24.4 Å². The normalized spacial score (nSPS) is 10.6. The number of nitrogens with one attached hydrogen (secondary N) is 1. The third kappa shape index (κ3) is 2.78. The van der Waals surface area contributed by atoms with Gasteiger partial charge in [-0.15, -0.1) is 0 Å². The van der Waals surface area contributed by atoms with Crippen molar-refractivity contribution in [2.45, 2.75) is 6.42 Å². The third-order valence-electron chi connectivity index (χ3n) is 3.42. The number of ether oxygens (including phenoxy) is 1. The summed E-state index contributed by atoms with van der Waals surface area (Å²) >= 11 is 5.47. The lowest BCUT2D eigenvalue weighted by Crippen LogP contribution is -2.13. The molecular formula is C16H16N4OS. The van der Waals surface area contributed by atoms with Crippen molar-refractivity contribution < 1.29 is 4.74 Å². The molecule has 0 saturated heterocycles. The third-order valence-corrected chi connectivity index (χ3v) is 3.67. The maximum Gasteiger partial charge on any atom is 0.216 e. The molecule has 0 fully saturated rings. The van der Waals surface area contributed by atoms with Crippen molar-refractivity contribution in [2.24, 2.45) is 7.05 Å². The first-order valence-electron chi connectivity index (χ1n) is 6.87. The fraction of sp³-hybridized carbons (Fsp3) is 0.188. The van der Waals surface area contributed by atoms with E-state index in [0.29, 0.717) is 17.3 Å². The Balaban J connectivity index is 1.81. The number of rotatable bonds is 4. The fourth-order valence-electron chi connectivity index (χ4n) is 2.37. The molecule has 0 spiro atoms. The number of anilines is 1. The van der Waals surface area contributed by atoms with Crippen LogP contribution in [0.4, 0.5) is 5.69 Å². The molecule has 2 aromatic heterocycles. The summed E-state index contributed by atoms with van der Waals surface area (Å²) in [4.78, 5) is 9.30. The second kappa shape index (κ2) is 6.11. The van der Waals surface area contributed by atoms with Crippen LogP contribution in [0.3, 0.4) is 0 Å². The number of nitrogens with zero attached hydrogens (tertiary/aromatic N) is 3. The Bertz CT molecular complexity index is 828. The number of hydrogen-bond acceptors (Lipinski definition) is 4. The Morgan fingerprint density at radius 2 is 2.14 bits per heavy atom. The molecule has 5 nitrogen and oxygen atoms in total. The zero-order chi connectivity index (χ0) is 15.5. The largest absolute Gasteiger partial charge is 0.481 e. The molecule has 0 aliphatic heterocycles. The Morgan fingerprint density at radius 1 is 1.27 bits per heavy atom. The number of hydrogen-bond donors (Lipinski definition) is 1. The van der Waals surface area contributed by atoms with Crippen LogP contribution in [0.15, 0.2) is 42.9 Å². The summed E-state index contributed by atoms with van der Waals surface area (Å²) in [5.74, 6) is 0.600. The summed E-state index contributed by atoms with van der Waals surface area (Å²) in [7, 11) is 3.58. The molecule has 2 heterocycles. The summed E-state index contributed by atoms with van der Waals surface area (Å²) in [5.41, 5.74) is 3.83. The van der Waals surface area contributed by atoms with E-state index in [9.17, 15) is 0 Å². The molecule has 0 amide bonds. The Morgan fingerprint density at radius 3 is 2.95 bits per heavy atom. The SMILES string of the molecule is COc1ncccc1CC(=S)Nc1cccc2c1ncn2C. The lowest BCUT2D eigenvalue weighted by atomic mass is 10.2. The molecule has 0 unspecified atom stereocenters. The summed E-state index contributed by atoms with van der Waals surface area (Å²) in [6.07, 6.45) is 4.06. The first kappa shape index (κ1) is 14.5. The van der Waals surface area contributed by atoms with Gasteiger partial charge in [-0.05, 0) is 18.2 Å². The highest BCUT2D eigenvalue weighted by atomic mass is 32.1. The quantitative estimate of drug-likeness (QED) is 0.751. The molecule has 3 rings (SSSR count). The average Bonchev–Trinajstić information content (AvgIpc) is 2.90. The monoisotopic (exact) mass is 312 g/mol. The smallest absolute Gasteiger partial charge is 0.216 e. The van der Waals surface area contributed by atoms with Crippen molar-refractivity contribution in [2.75, 3.05) is 12.4 Å².